The number of halogens is 1. The van der Waals surface area contributed by atoms with Gasteiger partial charge in [-0.25, -0.2) is 4.98 Å². The van der Waals surface area contributed by atoms with Crippen LogP contribution in [0.3, 0.4) is 0 Å². The summed E-state index contributed by atoms with van der Waals surface area (Å²) in [6.45, 7) is 8.24. The number of rotatable bonds is 6. The molecular weight excluding hydrogens is 340 g/mol. The Hall–Kier alpha value is -2.31. The fourth-order valence-electron chi connectivity index (χ4n) is 2.75. The first kappa shape index (κ1) is 17.5. The minimum absolute atomic E-state index is 0.248. The van der Waals surface area contributed by atoms with Crippen LogP contribution in [0.25, 0.3) is 0 Å². The van der Waals surface area contributed by atoms with E-state index >= 15 is 0 Å². The van der Waals surface area contributed by atoms with E-state index < -0.39 is 0 Å². The fourth-order valence-corrected chi connectivity index (χ4v) is 2.88. The summed E-state index contributed by atoms with van der Waals surface area (Å²) >= 11 is 5.94. The number of hydrogen-bond acceptors (Lipinski definition) is 5. The van der Waals surface area contributed by atoms with Crippen LogP contribution in [0, 0.1) is 0 Å². The van der Waals surface area contributed by atoms with Gasteiger partial charge in [-0.05, 0) is 24.3 Å². The number of amides is 1. The SMILES string of the molecule is C=CCNC(=O)c1coc(CN2CCN(c3ccc(Cl)cc3)CC2)n1. The molecule has 132 valence electrons. The number of aromatic nitrogens is 1. The third-order valence-corrected chi connectivity index (χ3v) is 4.37. The molecule has 6 nitrogen and oxygen atoms in total. The number of oxazole rings is 1. The first-order valence-electron chi connectivity index (χ1n) is 8.22. The number of piperazine rings is 1. The van der Waals surface area contributed by atoms with Gasteiger partial charge in [-0.2, -0.15) is 0 Å². The summed E-state index contributed by atoms with van der Waals surface area (Å²) in [7, 11) is 0. The van der Waals surface area contributed by atoms with Gasteiger partial charge in [0.2, 0.25) is 5.89 Å². The minimum atomic E-state index is -0.248. The second kappa shape index (κ2) is 8.18. The molecule has 1 aliphatic heterocycles. The number of carbonyl (C=O) groups excluding carboxylic acids is 1. The third-order valence-electron chi connectivity index (χ3n) is 4.11. The molecule has 7 heteroatoms. The molecule has 1 saturated heterocycles. The number of benzene rings is 1. The first-order valence-corrected chi connectivity index (χ1v) is 8.60. The van der Waals surface area contributed by atoms with E-state index in [-0.39, 0.29) is 5.91 Å². The maximum Gasteiger partial charge on any atom is 0.273 e. The molecule has 1 aromatic heterocycles. The van der Waals surface area contributed by atoms with Crippen molar-refractivity contribution >= 4 is 23.2 Å². The molecule has 0 atom stereocenters. The van der Waals surface area contributed by atoms with Gasteiger partial charge in [-0.15, -0.1) is 6.58 Å². The van der Waals surface area contributed by atoms with E-state index in [9.17, 15) is 4.79 Å². The van der Waals surface area contributed by atoms with E-state index in [0.29, 0.717) is 24.7 Å². The predicted molar refractivity (Wildman–Crippen MR) is 98.0 cm³/mol. The van der Waals surface area contributed by atoms with Gasteiger partial charge in [0.05, 0.1) is 6.54 Å². The number of nitrogens with zero attached hydrogens (tertiary/aromatic N) is 3. The van der Waals surface area contributed by atoms with E-state index in [4.69, 9.17) is 16.0 Å². The van der Waals surface area contributed by atoms with Gasteiger partial charge in [0.1, 0.15) is 6.26 Å². The smallest absolute Gasteiger partial charge is 0.273 e. The standard InChI is InChI=1S/C18H21ClN4O2/c1-2-7-20-18(24)16-13-25-17(21-16)12-22-8-10-23(11-9-22)15-5-3-14(19)4-6-15/h2-6,13H,1,7-12H2,(H,20,24). The highest BCUT2D eigenvalue weighted by Gasteiger charge is 2.20. The second-order valence-electron chi connectivity index (χ2n) is 5.86. The Balaban J connectivity index is 1.50. The molecule has 0 saturated carbocycles. The molecule has 0 bridgehead atoms. The highest BCUT2D eigenvalue weighted by atomic mass is 35.5. The fraction of sp³-hybridized carbons (Fsp3) is 0.333. The van der Waals surface area contributed by atoms with Crippen LogP contribution in [0.5, 0.6) is 0 Å². The number of hydrogen-bond donors (Lipinski definition) is 1. The van der Waals surface area contributed by atoms with Crippen LogP contribution in [0.4, 0.5) is 5.69 Å². The van der Waals surface area contributed by atoms with Gasteiger partial charge in [-0.3, -0.25) is 9.69 Å². The van der Waals surface area contributed by atoms with Crippen LogP contribution in [0.1, 0.15) is 16.4 Å². The summed E-state index contributed by atoms with van der Waals surface area (Å²) in [4.78, 5) is 20.7. The summed E-state index contributed by atoms with van der Waals surface area (Å²) < 4.78 is 5.43. The molecule has 0 radical (unpaired) electrons. The lowest BCUT2D eigenvalue weighted by Crippen LogP contribution is -2.46. The van der Waals surface area contributed by atoms with Crippen LogP contribution >= 0.6 is 11.6 Å². The Morgan fingerprint density at radius 2 is 2.00 bits per heavy atom. The van der Waals surface area contributed by atoms with Crippen molar-refractivity contribution in [2.75, 3.05) is 37.6 Å². The molecule has 1 amide bonds. The van der Waals surface area contributed by atoms with Gasteiger partial charge < -0.3 is 14.6 Å². The van der Waals surface area contributed by atoms with Crippen molar-refractivity contribution in [2.45, 2.75) is 6.54 Å². The van der Waals surface area contributed by atoms with E-state index in [0.717, 1.165) is 31.2 Å². The average molecular weight is 361 g/mol. The maximum absolute atomic E-state index is 11.8. The average Bonchev–Trinajstić information content (AvgIpc) is 3.10. The molecule has 1 aliphatic rings. The topological polar surface area (TPSA) is 61.6 Å². The lowest BCUT2D eigenvalue weighted by atomic mass is 10.2. The van der Waals surface area contributed by atoms with Crippen molar-refractivity contribution in [3.05, 3.63) is 59.8 Å². The predicted octanol–water partition coefficient (Wildman–Crippen LogP) is 2.57. The zero-order chi connectivity index (χ0) is 17.6. The summed E-state index contributed by atoms with van der Waals surface area (Å²) in [5.41, 5.74) is 1.48. The Bertz CT molecular complexity index is 721. The van der Waals surface area contributed by atoms with Crippen LogP contribution in [-0.4, -0.2) is 48.5 Å². The number of carbonyl (C=O) groups is 1. The minimum Gasteiger partial charge on any atom is -0.447 e. The second-order valence-corrected chi connectivity index (χ2v) is 6.30. The Morgan fingerprint density at radius 3 is 2.68 bits per heavy atom. The molecule has 1 fully saturated rings. The molecule has 3 rings (SSSR count). The summed E-state index contributed by atoms with van der Waals surface area (Å²) in [6, 6.07) is 7.91. The normalized spacial score (nSPS) is 15.2. The quantitative estimate of drug-likeness (QED) is 0.802. The molecule has 0 aliphatic carbocycles. The molecule has 1 aromatic carbocycles. The maximum atomic E-state index is 11.8. The first-order chi connectivity index (χ1) is 12.2. The molecule has 0 spiro atoms. The highest BCUT2D eigenvalue weighted by Crippen LogP contribution is 2.20. The van der Waals surface area contributed by atoms with Crippen LogP contribution in [0.2, 0.25) is 5.02 Å². The van der Waals surface area contributed by atoms with Gasteiger partial charge in [0.25, 0.3) is 5.91 Å². The van der Waals surface area contributed by atoms with Crippen LogP contribution < -0.4 is 10.2 Å². The largest absolute Gasteiger partial charge is 0.447 e. The Labute approximate surface area is 152 Å². The number of nitrogens with one attached hydrogen (secondary N) is 1. The van der Waals surface area contributed by atoms with Crippen molar-refractivity contribution in [1.82, 2.24) is 15.2 Å². The van der Waals surface area contributed by atoms with E-state index in [1.165, 1.54) is 12.0 Å². The number of anilines is 1. The van der Waals surface area contributed by atoms with Gasteiger partial charge in [-0.1, -0.05) is 17.7 Å². The van der Waals surface area contributed by atoms with Crippen molar-refractivity contribution in [1.29, 1.82) is 0 Å². The molecule has 1 N–H and O–H groups in total. The van der Waals surface area contributed by atoms with E-state index in [2.05, 4.69) is 26.7 Å². The Kier molecular flexibility index (Phi) is 5.73. The van der Waals surface area contributed by atoms with Crippen molar-refractivity contribution in [2.24, 2.45) is 0 Å². The lowest BCUT2D eigenvalue weighted by molar-refractivity contribution is 0.0953. The molecule has 2 heterocycles. The van der Waals surface area contributed by atoms with E-state index in [1.807, 2.05) is 24.3 Å². The van der Waals surface area contributed by atoms with Crippen molar-refractivity contribution < 1.29 is 9.21 Å². The van der Waals surface area contributed by atoms with Crippen LogP contribution in [-0.2, 0) is 6.54 Å². The molecular formula is C18H21ClN4O2. The lowest BCUT2D eigenvalue weighted by Gasteiger charge is -2.35. The highest BCUT2D eigenvalue weighted by molar-refractivity contribution is 6.30. The summed E-state index contributed by atoms with van der Waals surface area (Å²) in [6.07, 6.45) is 3.02. The van der Waals surface area contributed by atoms with Crippen molar-refractivity contribution in [3.63, 3.8) is 0 Å². The molecule has 0 unspecified atom stereocenters. The monoisotopic (exact) mass is 360 g/mol. The van der Waals surface area contributed by atoms with Crippen LogP contribution in [0.15, 0.2) is 47.6 Å². The van der Waals surface area contributed by atoms with E-state index in [1.54, 1.807) is 6.08 Å². The van der Waals surface area contributed by atoms with Crippen molar-refractivity contribution in [3.8, 4) is 0 Å². The summed E-state index contributed by atoms with van der Waals surface area (Å²) in [5.74, 6) is 0.311. The Morgan fingerprint density at radius 1 is 1.28 bits per heavy atom. The molecule has 2 aromatic rings. The van der Waals surface area contributed by atoms with Gasteiger partial charge in [0.15, 0.2) is 5.69 Å². The zero-order valence-corrected chi connectivity index (χ0v) is 14.7. The zero-order valence-electron chi connectivity index (χ0n) is 13.9. The third kappa shape index (κ3) is 4.61. The molecule has 25 heavy (non-hydrogen) atoms. The summed E-state index contributed by atoms with van der Waals surface area (Å²) in [5, 5.41) is 3.43. The van der Waals surface area contributed by atoms with Gasteiger partial charge >= 0.3 is 0 Å². The van der Waals surface area contributed by atoms with Gasteiger partial charge in [0, 0.05) is 43.4 Å².